The quantitative estimate of drug-likeness (QED) is 0.838. The summed E-state index contributed by atoms with van der Waals surface area (Å²) in [7, 11) is 0. The molecule has 1 heterocycles. The average molecular weight is 356 g/mol. The summed E-state index contributed by atoms with van der Waals surface area (Å²) >= 11 is 3.15. The molecular weight excluding hydrogens is 337 g/mol. The fraction of sp³-hybridized carbons (Fsp3) is 0.562. The van der Waals surface area contributed by atoms with Gasteiger partial charge in [0.25, 0.3) is 5.91 Å². The van der Waals surface area contributed by atoms with Crippen LogP contribution in [0, 0.1) is 11.7 Å². The Morgan fingerprint density at radius 2 is 2.19 bits per heavy atom. The number of nitrogens with zero attached hydrogens (tertiary/aromatic N) is 1. The van der Waals surface area contributed by atoms with Gasteiger partial charge in [0.05, 0.1) is 15.6 Å². The average Bonchev–Trinajstić information content (AvgIpc) is 2.48. The first kappa shape index (κ1) is 15.0. The summed E-state index contributed by atoms with van der Waals surface area (Å²) in [5, 5.41) is 10.7. The van der Waals surface area contributed by atoms with Crippen molar-refractivity contribution in [3.05, 3.63) is 34.1 Å². The highest BCUT2D eigenvalue weighted by Crippen LogP contribution is 2.40. The molecule has 1 saturated heterocycles. The Labute approximate surface area is 132 Å². The number of amides is 1. The van der Waals surface area contributed by atoms with Crippen molar-refractivity contribution in [2.75, 3.05) is 13.1 Å². The first-order valence-electron chi connectivity index (χ1n) is 7.47. The van der Waals surface area contributed by atoms with Gasteiger partial charge < -0.3 is 10.0 Å². The van der Waals surface area contributed by atoms with Gasteiger partial charge in [0, 0.05) is 19.0 Å². The van der Waals surface area contributed by atoms with E-state index in [0.717, 1.165) is 25.7 Å². The summed E-state index contributed by atoms with van der Waals surface area (Å²) < 4.78 is 13.8. The number of benzene rings is 1. The standard InChI is InChI=1S/C16H19BrFNO2/c17-14-12(5-3-6-13(14)18)15(20)19-9-8-16(21)7-2-1-4-11(16)10-19/h3,5-6,11,21H,1-2,4,7-10H2. The van der Waals surface area contributed by atoms with Crippen LogP contribution in [-0.4, -0.2) is 34.6 Å². The summed E-state index contributed by atoms with van der Waals surface area (Å²) in [5.74, 6) is -0.433. The van der Waals surface area contributed by atoms with Crippen LogP contribution in [0.3, 0.4) is 0 Å². The molecule has 1 aromatic rings. The van der Waals surface area contributed by atoms with Gasteiger partial charge in [0.2, 0.25) is 0 Å². The third kappa shape index (κ3) is 2.73. The maximum absolute atomic E-state index is 13.6. The molecule has 2 atom stereocenters. The Hall–Kier alpha value is -0.940. The zero-order valence-electron chi connectivity index (χ0n) is 11.8. The van der Waals surface area contributed by atoms with Gasteiger partial charge in [-0.15, -0.1) is 0 Å². The Kier molecular flexibility index (Phi) is 4.06. The van der Waals surface area contributed by atoms with Crippen molar-refractivity contribution >= 4 is 21.8 Å². The Morgan fingerprint density at radius 1 is 1.38 bits per heavy atom. The Bertz CT molecular complexity index is 565. The highest BCUT2D eigenvalue weighted by molar-refractivity contribution is 9.10. The smallest absolute Gasteiger partial charge is 0.255 e. The van der Waals surface area contributed by atoms with Crippen LogP contribution in [0.15, 0.2) is 22.7 Å². The minimum absolute atomic E-state index is 0.149. The van der Waals surface area contributed by atoms with E-state index in [-0.39, 0.29) is 16.3 Å². The van der Waals surface area contributed by atoms with Crippen LogP contribution < -0.4 is 0 Å². The summed E-state index contributed by atoms with van der Waals surface area (Å²) in [5.41, 5.74) is -0.245. The van der Waals surface area contributed by atoms with E-state index >= 15 is 0 Å². The third-order valence-corrected chi connectivity index (χ3v) is 5.70. The number of fused-ring (bicyclic) bond motifs is 1. The van der Waals surface area contributed by atoms with Crippen molar-refractivity contribution in [1.29, 1.82) is 0 Å². The molecule has 21 heavy (non-hydrogen) atoms. The molecule has 1 aliphatic heterocycles. The number of rotatable bonds is 1. The molecule has 2 unspecified atom stereocenters. The molecule has 0 radical (unpaired) electrons. The van der Waals surface area contributed by atoms with E-state index in [9.17, 15) is 14.3 Å². The number of hydrogen-bond donors (Lipinski definition) is 1. The molecule has 2 fully saturated rings. The van der Waals surface area contributed by atoms with Gasteiger partial charge in [0.1, 0.15) is 5.82 Å². The number of halogens is 2. The first-order valence-corrected chi connectivity index (χ1v) is 8.26. The molecule has 3 rings (SSSR count). The summed E-state index contributed by atoms with van der Waals surface area (Å²) in [6, 6.07) is 4.52. The van der Waals surface area contributed by atoms with E-state index in [1.165, 1.54) is 6.07 Å². The molecule has 1 aromatic carbocycles. The maximum Gasteiger partial charge on any atom is 0.255 e. The predicted molar refractivity (Wildman–Crippen MR) is 81.5 cm³/mol. The van der Waals surface area contributed by atoms with Crippen LogP contribution in [0.25, 0.3) is 0 Å². The number of carbonyl (C=O) groups is 1. The van der Waals surface area contributed by atoms with E-state index in [4.69, 9.17) is 0 Å². The molecule has 114 valence electrons. The van der Waals surface area contributed by atoms with E-state index in [2.05, 4.69) is 15.9 Å². The number of aliphatic hydroxyl groups is 1. The second-order valence-electron chi connectivity index (χ2n) is 6.15. The van der Waals surface area contributed by atoms with Crippen LogP contribution in [0.4, 0.5) is 4.39 Å². The Balaban J connectivity index is 1.79. The minimum Gasteiger partial charge on any atom is -0.389 e. The van der Waals surface area contributed by atoms with Gasteiger partial charge in [0.15, 0.2) is 0 Å². The predicted octanol–water partition coefficient (Wildman–Crippen LogP) is 3.36. The number of carbonyl (C=O) groups excluding carboxylic acids is 1. The van der Waals surface area contributed by atoms with Gasteiger partial charge >= 0.3 is 0 Å². The topological polar surface area (TPSA) is 40.5 Å². The van der Waals surface area contributed by atoms with Gasteiger partial charge in [-0.2, -0.15) is 0 Å². The zero-order chi connectivity index (χ0) is 15.0. The third-order valence-electron chi connectivity index (χ3n) is 4.90. The minimum atomic E-state index is -0.603. The lowest BCUT2D eigenvalue weighted by atomic mass is 9.71. The second-order valence-corrected chi connectivity index (χ2v) is 6.94. The van der Waals surface area contributed by atoms with E-state index in [0.29, 0.717) is 25.1 Å². The van der Waals surface area contributed by atoms with Crippen molar-refractivity contribution in [2.24, 2.45) is 5.92 Å². The fourth-order valence-electron chi connectivity index (χ4n) is 3.59. The van der Waals surface area contributed by atoms with Gasteiger partial charge in [-0.05, 0) is 47.3 Å². The van der Waals surface area contributed by atoms with Crippen molar-refractivity contribution in [1.82, 2.24) is 4.90 Å². The van der Waals surface area contributed by atoms with Gasteiger partial charge in [-0.3, -0.25) is 4.79 Å². The van der Waals surface area contributed by atoms with E-state index in [1.807, 2.05) is 0 Å². The van der Waals surface area contributed by atoms with Crippen molar-refractivity contribution in [3.8, 4) is 0 Å². The SMILES string of the molecule is O=C(c1cccc(F)c1Br)N1CCC2(O)CCCCC2C1. The molecule has 1 saturated carbocycles. The maximum atomic E-state index is 13.6. The first-order chi connectivity index (χ1) is 10.0. The molecule has 5 heteroatoms. The van der Waals surface area contributed by atoms with Crippen LogP contribution in [0.5, 0.6) is 0 Å². The van der Waals surface area contributed by atoms with Gasteiger partial charge in [-0.1, -0.05) is 18.9 Å². The molecule has 3 nitrogen and oxygen atoms in total. The van der Waals surface area contributed by atoms with Crippen molar-refractivity contribution in [3.63, 3.8) is 0 Å². The fourth-order valence-corrected chi connectivity index (χ4v) is 4.03. The van der Waals surface area contributed by atoms with Gasteiger partial charge in [-0.25, -0.2) is 4.39 Å². The lowest BCUT2D eigenvalue weighted by Crippen LogP contribution is -2.54. The van der Waals surface area contributed by atoms with E-state index < -0.39 is 11.4 Å². The molecule has 1 aliphatic carbocycles. The summed E-state index contributed by atoms with van der Waals surface area (Å²) in [6.45, 7) is 1.10. The zero-order valence-corrected chi connectivity index (χ0v) is 13.4. The van der Waals surface area contributed by atoms with Crippen LogP contribution >= 0.6 is 15.9 Å². The lowest BCUT2D eigenvalue weighted by Gasteiger charge is -2.47. The molecule has 1 amide bonds. The molecule has 2 aliphatic rings. The molecule has 0 spiro atoms. The number of piperidine rings is 1. The van der Waals surface area contributed by atoms with Crippen LogP contribution in [-0.2, 0) is 0 Å². The lowest BCUT2D eigenvalue weighted by molar-refractivity contribution is -0.0886. The number of likely N-dealkylation sites (tertiary alicyclic amines) is 1. The second kappa shape index (κ2) is 5.69. The highest BCUT2D eigenvalue weighted by Gasteiger charge is 2.43. The molecule has 1 N–H and O–H groups in total. The summed E-state index contributed by atoms with van der Waals surface area (Å²) in [4.78, 5) is 14.4. The molecule has 0 bridgehead atoms. The molecule has 0 aromatic heterocycles. The van der Waals surface area contributed by atoms with Crippen LogP contribution in [0.2, 0.25) is 0 Å². The Morgan fingerprint density at radius 3 is 3.00 bits per heavy atom. The normalized spacial score (nSPS) is 29.1. The summed E-state index contributed by atoms with van der Waals surface area (Å²) in [6.07, 6.45) is 4.60. The van der Waals surface area contributed by atoms with Crippen molar-refractivity contribution in [2.45, 2.75) is 37.7 Å². The van der Waals surface area contributed by atoms with E-state index in [1.54, 1.807) is 17.0 Å². The van der Waals surface area contributed by atoms with Crippen LogP contribution in [0.1, 0.15) is 42.5 Å². The molecular formula is C16H19BrFNO2. The highest BCUT2D eigenvalue weighted by atomic mass is 79.9. The monoisotopic (exact) mass is 355 g/mol. The largest absolute Gasteiger partial charge is 0.389 e. The van der Waals surface area contributed by atoms with Crippen molar-refractivity contribution < 1.29 is 14.3 Å². The number of hydrogen-bond acceptors (Lipinski definition) is 2.